The van der Waals surface area contributed by atoms with E-state index in [9.17, 15) is 15.0 Å². The first-order valence-corrected chi connectivity index (χ1v) is 49.1. The number of aliphatic hydroxyl groups excluding tert-OH is 2. The molecule has 1 amide bonds. The number of hydrogen-bond donors (Lipinski definition) is 6. The Balaban J connectivity index is 0.000000125. The van der Waals surface area contributed by atoms with Crippen LogP contribution in [0.4, 0.5) is 0 Å². The molecule has 7 heterocycles. The molecule has 6 N–H and O–H groups in total. The van der Waals surface area contributed by atoms with E-state index < -0.39 is 12.2 Å². The molecule has 23 heteroatoms. The number of carbonyl (C=O) groups is 1. The molecule has 670 valence electrons. The van der Waals surface area contributed by atoms with Crippen molar-refractivity contribution in [2.24, 2.45) is 0 Å². The number of nitrogens with zero attached hydrogens (tertiary/aromatic N) is 6. The molecule has 2 saturated heterocycles. The van der Waals surface area contributed by atoms with E-state index in [0.717, 1.165) is 151 Å². The molecule has 6 atom stereocenters. The van der Waals surface area contributed by atoms with E-state index in [1.54, 1.807) is 32.0 Å². The molecule has 0 bridgehead atoms. The average Bonchev–Trinajstić information content (AvgIpc) is 1.63. The Kier molecular flexibility index (Phi) is 32.4. The normalized spacial score (nSPS) is 18.1. The number of benzene rings is 8. The predicted molar refractivity (Wildman–Crippen MR) is 524 cm³/mol. The van der Waals surface area contributed by atoms with Crippen LogP contribution < -0.4 is 18.9 Å². The summed E-state index contributed by atoms with van der Waals surface area (Å²) in [6, 6.07) is 62.1. The van der Waals surface area contributed by atoms with Crippen molar-refractivity contribution < 1.29 is 43.4 Å². The number of β-amino-alcohol motifs (C(OH)–C–C–N with tert-alkyl or cyclic N) is 1. The van der Waals surface area contributed by atoms with E-state index in [2.05, 4.69) is 249 Å². The lowest BCUT2D eigenvalue weighted by atomic mass is 9.82. The van der Waals surface area contributed by atoms with E-state index in [0.29, 0.717) is 43.4 Å². The van der Waals surface area contributed by atoms with Gasteiger partial charge in [-0.05, 0) is 288 Å². The number of piperazine rings is 1. The van der Waals surface area contributed by atoms with E-state index in [-0.39, 0.29) is 19.1 Å². The molecule has 4 aliphatic carbocycles. The van der Waals surface area contributed by atoms with Crippen LogP contribution in [0.25, 0.3) is 43.6 Å². The van der Waals surface area contributed by atoms with Gasteiger partial charge in [0, 0.05) is 200 Å². The molecule has 0 radical (unpaired) electrons. The summed E-state index contributed by atoms with van der Waals surface area (Å²) in [6.07, 6.45) is 22.6. The fourth-order valence-corrected chi connectivity index (χ4v) is 21.3. The number of piperidine rings is 1. The maximum Gasteiger partial charge on any atom is 0.219 e. The molecule has 0 saturated carbocycles. The lowest BCUT2D eigenvalue weighted by Crippen LogP contribution is -2.50. The molecule has 6 unspecified atom stereocenters. The molecule has 2 aliphatic heterocycles. The number of nitrogens with one attached hydrogen (secondary N) is 4. The lowest BCUT2D eigenvalue weighted by molar-refractivity contribution is -0.130. The zero-order chi connectivity index (χ0) is 87.5. The van der Waals surface area contributed by atoms with Gasteiger partial charge in [0.2, 0.25) is 5.91 Å². The van der Waals surface area contributed by atoms with Crippen molar-refractivity contribution in [3.8, 4) is 23.0 Å². The first kappa shape index (κ1) is 91.7. The second kappa shape index (κ2) is 44.8. The number of hydrogen-bond acceptors (Lipinski definition) is 13. The Bertz CT molecular complexity index is 5680. The Morgan fingerprint density at radius 1 is 0.425 bits per heavy atom. The van der Waals surface area contributed by atoms with Crippen molar-refractivity contribution in [1.29, 1.82) is 0 Å². The summed E-state index contributed by atoms with van der Waals surface area (Å²) in [4.78, 5) is 35.2. The second-order valence-electron chi connectivity index (χ2n) is 35.0. The largest absolute Gasteiger partial charge is 0.494 e. The van der Waals surface area contributed by atoms with Crippen molar-refractivity contribution in [2.75, 3.05) is 126 Å². The topological polar surface area (TPSA) is 207 Å². The third-order valence-electron chi connectivity index (χ3n) is 26.4. The highest BCUT2D eigenvalue weighted by atomic mass is 79.9. The quantitative estimate of drug-likeness (QED) is 0.0232. The summed E-state index contributed by atoms with van der Waals surface area (Å²) in [5, 5.41) is 30.1. The molecule has 6 aliphatic rings. The molecule has 19 nitrogen and oxygen atoms in total. The van der Waals surface area contributed by atoms with Crippen LogP contribution in [0.2, 0.25) is 0 Å². The van der Waals surface area contributed by atoms with Gasteiger partial charge >= 0.3 is 0 Å². The van der Waals surface area contributed by atoms with E-state index in [4.69, 9.17) is 28.4 Å². The van der Waals surface area contributed by atoms with Crippen LogP contribution in [0.3, 0.4) is 0 Å². The SMILES string of the molecule is Brc1ccc2[nH]c3c(c2c1)CCCC3c1ccc(OCCCN2CCCCC2)cc1.CC(=O)N1CCN(CC(O)COc2ccc(C3CCCc4c3[nH]c3ccc(Br)cc43)cc2)CC1.COCCN(CCCOc1ccc(C2CCCc3c2[nH]c2ccc(Br)cc32)cc1)CCOC.OC(COc1ccc(C2CCCc3c2[nH]c2ccc(Br)cc32)cc1)Cn1cccn1. The number of aromatic amines is 4. The van der Waals surface area contributed by atoms with Gasteiger partial charge < -0.3 is 68.4 Å². The highest BCUT2D eigenvalue weighted by molar-refractivity contribution is 9.11. The number of halogens is 4. The number of H-pyrrole nitrogens is 4. The number of aromatic nitrogens is 6. The molecular weight excluding hydrogens is 1850 g/mol. The molecule has 13 aromatic rings. The van der Waals surface area contributed by atoms with E-state index in [1.165, 1.54) is 195 Å². The van der Waals surface area contributed by atoms with Crippen LogP contribution in [0.5, 0.6) is 23.0 Å². The van der Waals surface area contributed by atoms with Gasteiger partial charge in [-0.3, -0.25) is 19.3 Å². The van der Waals surface area contributed by atoms with Crippen molar-refractivity contribution >= 4 is 113 Å². The highest BCUT2D eigenvalue weighted by Crippen LogP contribution is 2.46. The Morgan fingerprint density at radius 2 is 0.787 bits per heavy atom. The molecule has 8 aromatic carbocycles. The standard InChI is InChI=1S/C27H32BrN3O3.C27H35BrN2O3.C26H31BrN2O.C24H24BrN3O2/c1-18(32)31-13-11-30(12-14-31)16-21(33)17-34-22-8-5-19(6-9-22)23-3-2-4-24-25-15-20(28)7-10-26(25)29-27(23)24;1-31-17-14-30(15-18-32-2)13-4-16-33-22-10-7-20(8-11-22)23-5-3-6-24-25-19-21(28)9-12-26(25)29-27(23)24;27-20-10-13-25-24(18-20)23-7-4-6-22(26(23)28-25)19-8-11-21(12-9-19)30-17-5-16-29-14-2-1-3-15-29;25-17-7-10-23-22(13-17)21-4-1-3-20(24(21)27-23)16-5-8-19(9-6-16)30-15-18(29)14-28-12-2-11-26-28/h5-10,15,21,23,29,33H,2-4,11-14,16-17H2,1H3;7-12,19,23,29H,3-6,13-18H2,1-2H3;8-13,18,22,28H,1-7,14-17H2;2,5-13,18,20,27,29H,1,3-4,14-15H2. The first-order chi connectivity index (χ1) is 62.1. The van der Waals surface area contributed by atoms with Crippen molar-refractivity contribution in [3.05, 3.63) is 273 Å². The number of fused-ring (bicyclic) bond motifs is 12. The molecular formula is C104H122Br4N10O9. The van der Waals surface area contributed by atoms with Crippen LogP contribution in [-0.4, -0.2) is 203 Å². The van der Waals surface area contributed by atoms with Gasteiger partial charge in [-0.2, -0.15) is 5.10 Å². The van der Waals surface area contributed by atoms with Crippen LogP contribution >= 0.6 is 63.7 Å². The summed E-state index contributed by atoms with van der Waals surface area (Å²) < 4.78 is 40.4. The summed E-state index contributed by atoms with van der Waals surface area (Å²) in [7, 11) is 3.49. The maximum absolute atomic E-state index is 11.5. The van der Waals surface area contributed by atoms with E-state index >= 15 is 0 Å². The van der Waals surface area contributed by atoms with Crippen LogP contribution in [0.15, 0.2) is 206 Å². The van der Waals surface area contributed by atoms with Crippen molar-refractivity contribution in [1.82, 2.24) is 49.3 Å². The summed E-state index contributed by atoms with van der Waals surface area (Å²) >= 11 is 14.5. The van der Waals surface area contributed by atoms with Crippen LogP contribution in [0, 0.1) is 0 Å². The lowest BCUT2D eigenvalue weighted by Gasteiger charge is -2.35. The molecule has 0 spiro atoms. The van der Waals surface area contributed by atoms with Crippen molar-refractivity contribution in [2.45, 2.75) is 159 Å². The van der Waals surface area contributed by atoms with Crippen LogP contribution in [0.1, 0.15) is 181 Å². The van der Waals surface area contributed by atoms with E-state index in [1.807, 2.05) is 41.4 Å². The minimum Gasteiger partial charge on any atom is -0.494 e. The number of aryl methyl sites for hydroxylation is 4. The second-order valence-corrected chi connectivity index (χ2v) is 38.6. The average molecular weight is 1980 g/mol. The Labute approximate surface area is 780 Å². The number of amides is 1. The van der Waals surface area contributed by atoms with Gasteiger partial charge in [-0.25, -0.2) is 0 Å². The van der Waals surface area contributed by atoms with Gasteiger partial charge in [0.1, 0.15) is 48.4 Å². The molecule has 19 rings (SSSR count). The Hall–Kier alpha value is -8.56. The maximum atomic E-state index is 11.5. The van der Waals surface area contributed by atoms with Gasteiger partial charge in [0.15, 0.2) is 0 Å². The van der Waals surface area contributed by atoms with Gasteiger partial charge in [0.05, 0.1) is 33.0 Å². The number of likely N-dealkylation sites (tertiary alicyclic amines) is 1. The number of methoxy groups -OCH3 is 2. The highest BCUT2D eigenvalue weighted by Gasteiger charge is 2.32. The zero-order valence-electron chi connectivity index (χ0n) is 73.6. The molecule has 127 heavy (non-hydrogen) atoms. The van der Waals surface area contributed by atoms with Crippen molar-refractivity contribution in [3.63, 3.8) is 0 Å². The number of rotatable bonds is 30. The smallest absolute Gasteiger partial charge is 0.219 e. The minimum atomic E-state index is -0.601. The van der Waals surface area contributed by atoms with Gasteiger partial charge in [-0.15, -0.1) is 0 Å². The summed E-state index contributed by atoms with van der Waals surface area (Å²) in [6.45, 7) is 15.6. The third kappa shape index (κ3) is 23.8. The summed E-state index contributed by atoms with van der Waals surface area (Å²) in [5.41, 5.74) is 21.6. The first-order valence-electron chi connectivity index (χ1n) is 46.0. The third-order valence-corrected chi connectivity index (χ3v) is 28.4. The molecule has 5 aromatic heterocycles. The predicted octanol–water partition coefficient (Wildman–Crippen LogP) is 21.8. The van der Waals surface area contributed by atoms with Gasteiger partial charge in [-0.1, -0.05) is 119 Å². The monoisotopic (exact) mass is 1970 g/mol. The summed E-state index contributed by atoms with van der Waals surface area (Å²) in [5.74, 6) is 5.22. The zero-order valence-corrected chi connectivity index (χ0v) is 79.9. The number of aliphatic hydroxyl groups is 2. The minimum absolute atomic E-state index is 0.119. The van der Waals surface area contributed by atoms with Gasteiger partial charge in [0.25, 0.3) is 0 Å². The fourth-order valence-electron chi connectivity index (χ4n) is 19.8. The Morgan fingerprint density at radius 3 is 1.14 bits per heavy atom. The fraction of sp³-hybridized carbons (Fsp3) is 0.423. The number of carbonyl (C=O) groups excluding carboxylic acids is 1. The van der Waals surface area contributed by atoms with Crippen LogP contribution in [-0.2, 0) is 46.5 Å². The number of ether oxygens (including phenoxy) is 6. The molecule has 2 fully saturated rings.